The minimum absolute atomic E-state index is 0. The van der Waals surface area contributed by atoms with Crippen molar-refractivity contribution in [1.82, 2.24) is 10.2 Å². The zero-order chi connectivity index (χ0) is 11.6. The first kappa shape index (κ1) is 15.2. The molecule has 0 aliphatic carbocycles. The number of hydrogen-bond donors (Lipinski definition) is 1. The molecule has 2 saturated heterocycles. The van der Waals surface area contributed by atoms with Gasteiger partial charge in [0, 0.05) is 30.9 Å². The number of nitrogens with zero attached hydrogens (tertiary/aromatic N) is 1. The van der Waals surface area contributed by atoms with Crippen LogP contribution in [0.2, 0.25) is 0 Å². The van der Waals surface area contributed by atoms with Crippen molar-refractivity contribution in [3.05, 3.63) is 0 Å². The highest BCUT2D eigenvalue weighted by Crippen LogP contribution is 2.20. The topological polar surface area (TPSA) is 49.4 Å². The lowest BCUT2D eigenvalue weighted by atomic mass is 10.1. The van der Waals surface area contributed by atoms with E-state index in [0.29, 0.717) is 24.4 Å². The van der Waals surface area contributed by atoms with E-state index >= 15 is 0 Å². The molecule has 0 spiro atoms. The van der Waals surface area contributed by atoms with E-state index in [0.717, 1.165) is 13.1 Å². The molecule has 0 aromatic heterocycles. The lowest BCUT2D eigenvalue weighted by molar-refractivity contribution is 0.273. The molecule has 4 nitrogen and oxygen atoms in total. The highest BCUT2D eigenvalue weighted by atomic mass is 35.5. The lowest BCUT2D eigenvalue weighted by Crippen LogP contribution is -2.37. The molecule has 2 bridgehead atoms. The SMILES string of the molecule is CCS(=O)(=O)CCN1CCC2CCC(C1)N2.Cl. The Morgan fingerprint density at radius 1 is 1.24 bits per heavy atom. The van der Waals surface area contributed by atoms with E-state index < -0.39 is 9.84 Å². The zero-order valence-corrected chi connectivity index (χ0v) is 12.0. The largest absolute Gasteiger partial charge is 0.310 e. The molecule has 0 radical (unpaired) electrons. The van der Waals surface area contributed by atoms with E-state index in [9.17, 15) is 8.42 Å². The average Bonchev–Trinajstić information content (AvgIpc) is 2.57. The predicted molar refractivity (Wildman–Crippen MR) is 72.6 cm³/mol. The van der Waals surface area contributed by atoms with Crippen molar-refractivity contribution in [2.45, 2.75) is 38.3 Å². The standard InChI is InChI=1S/C11H22N2O2S.ClH/c1-2-16(14,15)8-7-13-6-5-10-3-4-11(9-13)12-10;/h10-12H,2-9H2,1H3;1H. The molecule has 0 aromatic carbocycles. The van der Waals surface area contributed by atoms with Gasteiger partial charge in [0.2, 0.25) is 0 Å². The minimum Gasteiger partial charge on any atom is -0.310 e. The molecule has 2 atom stereocenters. The highest BCUT2D eigenvalue weighted by molar-refractivity contribution is 7.91. The second-order valence-corrected chi connectivity index (χ2v) is 7.44. The van der Waals surface area contributed by atoms with Gasteiger partial charge in [-0.25, -0.2) is 8.42 Å². The van der Waals surface area contributed by atoms with Gasteiger partial charge in [-0.2, -0.15) is 0 Å². The number of halogens is 1. The highest BCUT2D eigenvalue weighted by Gasteiger charge is 2.29. The summed E-state index contributed by atoms with van der Waals surface area (Å²) in [4.78, 5) is 2.31. The van der Waals surface area contributed by atoms with E-state index in [1.54, 1.807) is 6.92 Å². The predicted octanol–water partition coefficient (Wildman–Crippen LogP) is 0.669. The van der Waals surface area contributed by atoms with Gasteiger partial charge in [-0.3, -0.25) is 0 Å². The zero-order valence-electron chi connectivity index (χ0n) is 10.4. The fourth-order valence-electron chi connectivity index (χ4n) is 2.63. The van der Waals surface area contributed by atoms with Crippen LogP contribution in [0.25, 0.3) is 0 Å². The minimum atomic E-state index is -2.81. The van der Waals surface area contributed by atoms with Crippen LogP contribution in [0.1, 0.15) is 26.2 Å². The smallest absolute Gasteiger partial charge is 0.151 e. The maximum Gasteiger partial charge on any atom is 0.151 e. The molecular formula is C11H23ClN2O2S. The second-order valence-electron chi connectivity index (χ2n) is 4.96. The number of rotatable bonds is 4. The molecule has 0 amide bonds. The monoisotopic (exact) mass is 282 g/mol. The molecule has 1 N–H and O–H groups in total. The van der Waals surface area contributed by atoms with Crippen LogP contribution in [0.4, 0.5) is 0 Å². The quantitative estimate of drug-likeness (QED) is 0.823. The Kier molecular flexibility index (Phi) is 5.70. The van der Waals surface area contributed by atoms with Crippen LogP contribution < -0.4 is 5.32 Å². The molecule has 2 unspecified atom stereocenters. The molecule has 2 fully saturated rings. The molecule has 102 valence electrons. The number of likely N-dealkylation sites (tertiary alicyclic amines) is 1. The summed E-state index contributed by atoms with van der Waals surface area (Å²) in [6, 6.07) is 1.27. The van der Waals surface area contributed by atoms with Crippen LogP contribution in [-0.4, -0.2) is 56.5 Å². The van der Waals surface area contributed by atoms with Crippen LogP contribution in [0.15, 0.2) is 0 Å². The van der Waals surface area contributed by atoms with Gasteiger partial charge >= 0.3 is 0 Å². The maximum absolute atomic E-state index is 11.4. The first-order valence-electron chi connectivity index (χ1n) is 6.28. The fraction of sp³-hybridized carbons (Fsp3) is 1.00. The van der Waals surface area contributed by atoms with E-state index in [1.807, 2.05) is 0 Å². The number of hydrogen-bond acceptors (Lipinski definition) is 4. The van der Waals surface area contributed by atoms with Crippen molar-refractivity contribution in [3.8, 4) is 0 Å². The van der Waals surface area contributed by atoms with Crippen LogP contribution in [0.5, 0.6) is 0 Å². The van der Waals surface area contributed by atoms with Crippen molar-refractivity contribution >= 4 is 22.2 Å². The summed E-state index contributed by atoms with van der Waals surface area (Å²) >= 11 is 0. The van der Waals surface area contributed by atoms with Gasteiger partial charge < -0.3 is 10.2 Å². The Balaban J connectivity index is 0.00000144. The van der Waals surface area contributed by atoms with E-state index in [4.69, 9.17) is 0 Å². The molecule has 2 aliphatic rings. The summed E-state index contributed by atoms with van der Waals surface area (Å²) < 4.78 is 22.9. The summed E-state index contributed by atoms with van der Waals surface area (Å²) in [6.07, 6.45) is 3.72. The second kappa shape index (κ2) is 6.36. The first-order valence-corrected chi connectivity index (χ1v) is 8.10. The summed E-state index contributed by atoms with van der Waals surface area (Å²) in [5.74, 6) is 0.589. The maximum atomic E-state index is 11.4. The third-order valence-corrected chi connectivity index (χ3v) is 5.45. The van der Waals surface area contributed by atoms with Gasteiger partial charge in [0.25, 0.3) is 0 Å². The lowest BCUT2D eigenvalue weighted by Gasteiger charge is -2.23. The first-order chi connectivity index (χ1) is 7.59. The van der Waals surface area contributed by atoms with Crippen LogP contribution in [-0.2, 0) is 9.84 Å². The van der Waals surface area contributed by atoms with Crippen molar-refractivity contribution in [2.24, 2.45) is 0 Å². The Labute approximate surface area is 110 Å². The number of nitrogens with one attached hydrogen (secondary N) is 1. The van der Waals surface area contributed by atoms with E-state index in [1.165, 1.54) is 19.3 Å². The third kappa shape index (κ3) is 4.39. The van der Waals surface area contributed by atoms with Crippen molar-refractivity contribution in [3.63, 3.8) is 0 Å². The summed E-state index contributed by atoms with van der Waals surface area (Å²) in [6.45, 7) is 4.51. The van der Waals surface area contributed by atoms with Gasteiger partial charge in [-0.05, 0) is 25.8 Å². The Morgan fingerprint density at radius 2 is 1.94 bits per heavy atom. The van der Waals surface area contributed by atoms with Crippen LogP contribution >= 0.6 is 12.4 Å². The van der Waals surface area contributed by atoms with Gasteiger partial charge in [-0.15, -0.1) is 12.4 Å². The van der Waals surface area contributed by atoms with Crippen molar-refractivity contribution in [2.75, 3.05) is 31.1 Å². The normalized spacial score (nSPS) is 29.7. The molecule has 2 heterocycles. The van der Waals surface area contributed by atoms with Gasteiger partial charge in [0.15, 0.2) is 9.84 Å². The third-order valence-electron chi connectivity index (χ3n) is 3.77. The van der Waals surface area contributed by atoms with Crippen LogP contribution in [0, 0.1) is 0 Å². The average molecular weight is 283 g/mol. The van der Waals surface area contributed by atoms with Gasteiger partial charge in [-0.1, -0.05) is 6.92 Å². The summed E-state index contributed by atoms with van der Waals surface area (Å²) in [7, 11) is -2.81. The van der Waals surface area contributed by atoms with Crippen molar-refractivity contribution < 1.29 is 8.42 Å². The molecule has 2 rings (SSSR count). The van der Waals surface area contributed by atoms with Gasteiger partial charge in [0.05, 0.1) is 5.75 Å². The van der Waals surface area contributed by atoms with Crippen molar-refractivity contribution in [1.29, 1.82) is 0 Å². The van der Waals surface area contributed by atoms with E-state index in [-0.39, 0.29) is 18.2 Å². The number of fused-ring (bicyclic) bond motifs is 2. The summed E-state index contributed by atoms with van der Waals surface area (Å²) in [5.41, 5.74) is 0. The Morgan fingerprint density at radius 3 is 2.65 bits per heavy atom. The Bertz CT molecular complexity index is 334. The molecule has 6 heteroatoms. The Hall–Kier alpha value is 0.160. The van der Waals surface area contributed by atoms with Gasteiger partial charge in [0.1, 0.15) is 0 Å². The number of sulfone groups is 1. The molecule has 17 heavy (non-hydrogen) atoms. The molecular weight excluding hydrogens is 260 g/mol. The molecule has 0 aromatic rings. The summed E-state index contributed by atoms with van der Waals surface area (Å²) in [5, 5.41) is 3.60. The molecule has 0 saturated carbocycles. The van der Waals surface area contributed by atoms with Crippen LogP contribution in [0.3, 0.4) is 0 Å². The van der Waals surface area contributed by atoms with E-state index in [2.05, 4.69) is 10.2 Å². The fourth-order valence-corrected chi connectivity index (χ4v) is 3.46. The molecule has 2 aliphatic heterocycles.